The first-order valence-electron chi connectivity index (χ1n) is 7.11. The minimum Gasteiger partial charge on any atom is -0.447 e. The molecule has 0 saturated carbocycles. The molecule has 1 fully saturated rings. The van der Waals surface area contributed by atoms with Gasteiger partial charge in [-0.15, -0.1) is 0 Å². The van der Waals surface area contributed by atoms with Crippen molar-refractivity contribution >= 4 is 11.8 Å². The minimum atomic E-state index is -0.427. The van der Waals surface area contributed by atoms with E-state index in [0.29, 0.717) is 6.61 Å². The van der Waals surface area contributed by atoms with E-state index < -0.39 is 6.09 Å². The van der Waals surface area contributed by atoms with E-state index in [1.54, 1.807) is 0 Å². The molecule has 4 heteroatoms. The average molecular weight is 277 g/mol. The van der Waals surface area contributed by atoms with Crippen molar-refractivity contribution in [2.75, 3.05) is 18.5 Å². The fourth-order valence-corrected chi connectivity index (χ4v) is 2.15. The van der Waals surface area contributed by atoms with Crippen molar-refractivity contribution in [1.29, 1.82) is 0 Å². The van der Waals surface area contributed by atoms with Crippen LogP contribution in [0.1, 0.15) is 39.2 Å². The minimum absolute atomic E-state index is 0.0593. The average Bonchev–Trinajstić information content (AvgIpc) is 2.89. The highest BCUT2D eigenvalue weighted by Gasteiger charge is 2.17. The Morgan fingerprint density at radius 3 is 2.60 bits per heavy atom. The number of hydrogen-bond acceptors (Lipinski definition) is 3. The van der Waals surface area contributed by atoms with E-state index in [1.165, 1.54) is 5.56 Å². The molecule has 0 aromatic heterocycles. The van der Waals surface area contributed by atoms with Gasteiger partial charge in [0.2, 0.25) is 0 Å². The molecule has 1 aromatic carbocycles. The number of hydrogen-bond donors (Lipinski definition) is 1. The second-order valence-corrected chi connectivity index (χ2v) is 6.19. The molecule has 2 rings (SSSR count). The monoisotopic (exact) mass is 277 g/mol. The largest absolute Gasteiger partial charge is 0.447 e. The molecule has 1 unspecified atom stereocenters. The van der Waals surface area contributed by atoms with Gasteiger partial charge in [0, 0.05) is 12.3 Å². The van der Waals surface area contributed by atoms with Crippen LogP contribution < -0.4 is 5.32 Å². The molecule has 4 nitrogen and oxygen atoms in total. The van der Waals surface area contributed by atoms with Gasteiger partial charge in [-0.2, -0.15) is 0 Å². The molecule has 1 aliphatic rings. The molecule has 0 radical (unpaired) electrons. The van der Waals surface area contributed by atoms with Gasteiger partial charge in [0.25, 0.3) is 0 Å². The summed E-state index contributed by atoms with van der Waals surface area (Å²) in [6.45, 7) is 7.57. The molecular formula is C16H23NO3. The summed E-state index contributed by atoms with van der Waals surface area (Å²) in [5.41, 5.74) is 2.09. The predicted octanol–water partition coefficient (Wildman–Crippen LogP) is 3.71. The Bertz CT molecular complexity index is 442. The highest BCUT2D eigenvalue weighted by atomic mass is 16.6. The van der Waals surface area contributed by atoms with Crippen LogP contribution in [0.5, 0.6) is 0 Å². The van der Waals surface area contributed by atoms with E-state index in [9.17, 15) is 4.79 Å². The Hall–Kier alpha value is -1.55. The third kappa shape index (κ3) is 4.23. The molecule has 0 bridgehead atoms. The third-order valence-electron chi connectivity index (χ3n) is 3.42. The summed E-state index contributed by atoms with van der Waals surface area (Å²) in [6.07, 6.45) is 1.64. The van der Waals surface area contributed by atoms with Crippen LogP contribution in [0.15, 0.2) is 24.3 Å². The van der Waals surface area contributed by atoms with Crippen molar-refractivity contribution in [3.05, 3.63) is 29.8 Å². The van der Waals surface area contributed by atoms with Gasteiger partial charge in [-0.3, -0.25) is 5.32 Å². The lowest BCUT2D eigenvalue weighted by Gasteiger charge is -2.19. The molecule has 20 heavy (non-hydrogen) atoms. The molecule has 1 heterocycles. The zero-order valence-electron chi connectivity index (χ0n) is 12.4. The number of carbonyl (C=O) groups excluding carboxylic acids is 1. The first-order valence-corrected chi connectivity index (χ1v) is 7.11. The number of carbonyl (C=O) groups is 1. The lowest BCUT2D eigenvalue weighted by molar-refractivity contribution is 0.0484. The van der Waals surface area contributed by atoms with Crippen LogP contribution in [0.25, 0.3) is 0 Å². The topological polar surface area (TPSA) is 47.6 Å². The van der Waals surface area contributed by atoms with E-state index in [-0.39, 0.29) is 11.5 Å². The number of benzene rings is 1. The van der Waals surface area contributed by atoms with Gasteiger partial charge in [0.05, 0.1) is 6.10 Å². The highest BCUT2D eigenvalue weighted by molar-refractivity contribution is 5.84. The maximum atomic E-state index is 11.7. The number of anilines is 1. The standard InChI is InChI=1S/C16H23NO3/c1-16(2,3)12-6-8-13(9-7-12)17-15(18)20-11-14-5-4-10-19-14/h6-9,14H,4-5,10-11H2,1-3H3,(H,17,18). The summed E-state index contributed by atoms with van der Waals surface area (Å²) in [5.74, 6) is 0. The van der Waals surface area contributed by atoms with Crippen LogP contribution in [-0.4, -0.2) is 25.4 Å². The summed E-state index contributed by atoms with van der Waals surface area (Å²) in [4.78, 5) is 11.7. The summed E-state index contributed by atoms with van der Waals surface area (Å²) in [6, 6.07) is 7.84. The molecule has 1 aromatic rings. The van der Waals surface area contributed by atoms with E-state index >= 15 is 0 Å². The fraction of sp³-hybridized carbons (Fsp3) is 0.562. The molecule has 110 valence electrons. The summed E-state index contributed by atoms with van der Waals surface area (Å²) < 4.78 is 10.6. The summed E-state index contributed by atoms with van der Waals surface area (Å²) >= 11 is 0. The molecular weight excluding hydrogens is 254 g/mol. The number of amides is 1. The van der Waals surface area contributed by atoms with Crippen LogP contribution in [0.3, 0.4) is 0 Å². The molecule has 1 amide bonds. The van der Waals surface area contributed by atoms with Gasteiger partial charge in [-0.05, 0) is 36.0 Å². The normalized spacial score (nSPS) is 18.9. The molecule has 1 N–H and O–H groups in total. The van der Waals surface area contributed by atoms with Crippen molar-refractivity contribution in [2.24, 2.45) is 0 Å². The zero-order valence-corrected chi connectivity index (χ0v) is 12.4. The zero-order chi connectivity index (χ0) is 14.6. The lowest BCUT2D eigenvalue weighted by Crippen LogP contribution is -2.21. The Kier molecular flexibility index (Phi) is 4.65. The maximum absolute atomic E-state index is 11.7. The van der Waals surface area contributed by atoms with E-state index in [1.807, 2.05) is 24.3 Å². The van der Waals surface area contributed by atoms with Crippen LogP contribution in [0.2, 0.25) is 0 Å². The van der Waals surface area contributed by atoms with Crippen molar-refractivity contribution in [3.8, 4) is 0 Å². The van der Waals surface area contributed by atoms with Gasteiger partial charge in [0.1, 0.15) is 6.61 Å². The van der Waals surface area contributed by atoms with Crippen LogP contribution in [-0.2, 0) is 14.9 Å². The quantitative estimate of drug-likeness (QED) is 0.916. The molecule has 0 spiro atoms. The number of nitrogens with one attached hydrogen (secondary N) is 1. The molecule has 1 aliphatic heterocycles. The van der Waals surface area contributed by atoms with Crippen molar-refractivity contribution in [2.45, 2.75) is 45.1 Å². The van der Waals surface area contributed by atoms with Crippen LogP contribution in [0.4, 0.5) is 10.5 Å². The van der Waals surface area contributed by atoms with E-state index in [2.05, 4.69) is 26.1 Å². The highest BCUT2D eigenvalue weighted by Crippen LogP contribution is 2.23. The van der Waals surface area contributed by atoms with Gasteiger partial charge in [0.15, 0.2) is 0 Å². The van der Waals surface area contributed by atoms with Crippen LogP contribution in [0, 0.1) is 0 Å². The first kappa shape index (κ1) is 14.9. The molecule has 1 saturated heterocycles. The second kappa shape index (κ2) is 6.27. The van der Waals surface area contributed by atoms with E-state index in [0.717, 1.165) is 25.1 Å². The number of rotatable bonds is 3. The Balaban J connectivity index is 1.81. The SMILES string of the molecule is CC(C)(C)c1ccc(NC(=O)OCC2CCCO2)cc1. The maximum Gasteiger partial charge on any atom is 0.411 e. The predicted molar refractivity (Wildman–Crippen MR) is 79.1 cm³/mol. The Morgan fingerprint density at radius 1 is 1.35 bits per heavy atom. The van der Waals surface area contributed by atoms with Crippen LogP contribution >= 0.6 is 0 Å². The van der Waals surface area contributed by atoms with Gasteiger partial charge in [-0.25, -0.2) is 4.79 Å². The molecule has 0 aliphatic carbocycles. The Morgan fingerprint density at radius 2 is 2.05 bits per heavy atom. The first-order chi connectivity index (χ1) is 9.45. The second-order valence-electron chi connectivity index (χ2n) is 6.19. The summed E-state index contributed by atoms with van der Waals surface area (Å²) in [5, 5.41) is 2.73. The summed E-state index contributed by atoms with van der Waals surface area (Å²) in [7, 11) is 0. The smallest absolute Gasteiger partial charge is 0.411 e. The third-order valence-corrected chi connectivity index (χ3v) is 3.42. The lowest BCUT2D eigenvalue weighted by atomic mass is 9.87. The van der Waals surface area contributed by atoms with Gasteiger partial charge in [-0.1, -0.05) is 32.9 Å². The van der Waals surface area contributed by atoms with E-state index in [4.69, 9.17) is 9.47 Å². The van der Waals surface area contributed by atoms with Gasteiger partial charge < -0.3 is 9.47 Å². The van der Waals surface area contributed by atoms with Crippen molar-refractivity contribution in [1.82, 2.24) is 0 Å². The van der Waals surface area contributed by atoms with Crippen molar-refractivity contribution in [3.63, 3.8) is 0 Å². The van der Waals surface area contributed by atoms with Gasteiger partial charge >= 0.3 is 6.09 Å². The van der Waals surface area contributed by atoms with Crippen molar-refractivity contribution < 1.29 is 14.3 Å². The Labute approximate surface area is 120 Å². The molecule has 1 atom stereocenters. The number of ether oxygens (including phenoxy) is 2. The fourth-order valence-electron chi connectivity index (χ4n) is 2.15.